The second kappa shape index (κ2) is 4.39. The van der Waals surface area contributed by atoms with E-state index in [-0.39, 0.29) is 34.8 Å². The average Bonchev–Trinajstić information content (AvgIpc) is 2.37. The van der Waals surface area contributed by atoms with Crippen molar-refractivity contribution in [2.75, 3.05) is 0 Å². The Balaban J connectivity index is 2.09. The van der Waals surface area contributed by atoms with Crippen molar-refractivity contribution in [3.8, 4) is 23.0 Å². The number of phenols is 3. The Hall–Kier alpha value is -2.73. The molecule has 0 bridgehead atoms. The summed E-state index contributed by atoms with van der Waals surface area (Å²) >= 11 is 0. The topological polar surface area (TPSA) is 107 Å². The van der Waals surface area contributed by atoms with Gasteiger partial charge in [0.15, 0.2) is 5.78 Å². The Morgan fingerprint density at radius 1 is 1.00 bits per heavy atom. The molecule has 3 rings (SSSR count). The van der Waals surface area contributed by atoms with E-state index in [2.05, 4.69) is 0 Å². The summed E-state index contributed by atoms with van der Waals surface area (Å²) in [5.74, 6) is -3.20. The molecule has 1 heterocycles. The van der Waals surface area contributed by atoms with Gasteiger partial charge >= 0.3 is 0 Å². The molecule has 0 unspecified atom stereocenters. The Morgan fingerprint density at radius 3 is 2.33 bits per heavy atom. The Labute approximate surface area is 119 Å². The predicted octanol–water partition coefficient (Wildman–Crippen LogP) is 1.61. The number of phenolic OH excluding ortho intramolecular Hbond substituents is 3. The molecule has 4 N–H and O–H groups in total. The van der Waals surface area contributed by atoms with Gasteiger partial charge in [-0.05, 0) is 24.3 Å². The Bertz CT molecular complexity index is 722. The minimum atomic E-state index is -1.92. The molecule has 1 aliphatic rings. The second-order valence-corrected chi connectivity index (χ2v) is 4.87. The van der Waals surface area contributed by atoms with E-state index in [9.17, 15) is 25.2 Å². The number of carbonyl (C=O) groups is 1. The fourth-order valence-corrected chi connectivity index (χ4v) is 2.35. The maximum Gasteiger partial charge on any atom is 0.242 e. The van der Waals surface area contributed by atoms with E-state index in [0.29, 0.717) is 0 Å². The standard InChI is InChI=1S/C15H12O6/c16-9-3-1-8(2-4-9)15(20)7-12(19)14-11(18)5-10(17)6-13(14)21-15/h1-6,16-18,20H,7H2/t15-/m0/s1. The second-order valence-electron chi connectivity index (χ2n) is 4.87. The lowest BCUT2D eigenvalue weighted by molar-refractivity contribution is -0.147. The zero-order chi connectivity index (χ0) is 15.2. The van der Waals surface area contributed by atoms with Crippen molar-refractivity contribution in [3.63, 3.8) is 0 Å². The number of Topliss-reactive ketones (excluding diaryl/α,β-unsaturated/α-hetero) is 1. The van der Waals surface area contributed by atoms with Crippen LogP contribution in [-0.2, 0) is 5.79 Å². The van der Waals surface area contributed by atoms with E-state index in [1.165, 1.54) is 24.3 Å². The van der Waals surface area contributed by atoms with E-state index in [1.54, 1.807) is 0 Å². The molecule has 0 aliphatic carbocycles. The van der Waals surface area contributed by atoms with Gasteiger partial charge < -0.3 is 25.2 Å². The highest BCUT2D eigenvalue weighted by Gasteiger charge is 2.42. The minimum absolute atomic E-state index is 0.0141. The Kier molecular flexibility index (Phi) is 2.77. The average molecular weight is 288 g/mol. The van der Waals surface area contributed by atoms with E-state index in [0.717, 1.165) is 12.1 Å². The smallest absolute Gasteiger partial charge is 0.242 e. The molecule has 0 saturated heterocycles. The van der Waals surface area contributed by atoms with Crippen LogP contribution in [0.5, 0.6) is 23.0 Å². The molecule has 0 amide bonds. The fourth-order valence-electron chi connectivity index (χ4n) is 2.35. The summed E-state index contributed by atoms with van der Waals surface area (Å²) in [6.07, 6.45) is -0.386. The number of carbonyl (C=O) groups excluding carboxylic acids is 1. The van der Waals surface area contributed by atoms with Crippen molar-refractivity contribution in [3.05, 3.63) is 47.5 Å². The zero-order valence-electron chi connectivity index (χ0n) is 10.8. The molecule has 0 radical (unpaired) electrons. The van der Waals surface area contributed by atoms with Gasteiger partial charge in [0.1, 0.15) is 28.6 Å². The van der Waals surface area contributed by atoms with Crippen molar-refractivity contribution < 1.29 is 30.0 Å². The molecule has 2 aromatic carbocycles. The summed E-state index contributed by atoms with van der Waals surface area (Å²) in [6, 6.07) is 7.75. The summed E-state index contributed by atoms with van der Waals surface area (Å²) in [5.41, 5.74) is 0.207. The molecule has 21 heavy (non-hydrogen) atoms. The molecule has 108 valence electrons. The number of hydrogen-bond acceptors (Lipinski definition) is 6. The molecular formula is C15H12O6. The van der Waals surface area contributed by atoms with Crippen LogP contribution in [0.3, 0.4) is 0 Å². The molecular weight excluding hydrogens is 276 g/mol. The summed E-state index contributed by atoms with van der Waals surface area (Å²) < 4.78 is 5.41. The summed E-state index contributed by atoms with van der Waals surface area (Å²) in [4.78, 5) is 12.1. The van der Waals surface area contributed by atoms with Gasteiger partial charge in [-0.1, -0.05) is 0 Å². The third-order valence-corrected chi connectivity index (χ3v) is 3.34. The molecule has 6 heteroatoms. The van der Waals surface area contributed by atoms with E-state index < -0.39 is 17.3 Å². The number of benzene rings is 2. The van der Waals surface area contributed by atoms with E-state index in [4.69, 9.17) is 4.74 Å². The Morgan fingerprint density at radius 2 is 1.67 bits per heavy atom. The first kappa shape index (κ1) is 13.3. The molecule has 1 aliphatic heterocycles. The van der Waals surface area contributed by atoms with Crippen LogP contribution in [0.4, 0.5) is 0 Å². The van der Waals surface area contributed by atoms with Crippen LogP contribution in [-0.4, -0.2) is 26.2 Å². The summed E-state index contributed by atoms with van der Waals surface area (Å²) in [6.45, 7) is 0. The van der Waals surface area contributed by atoms with Gasteiger partial charge in [0.25, 0.3) is 0 Å². The van der Waals surface area contributed by atoms with Crippen LogP contribution in [0.25, 0.3) is 0 Å². The molecule has 0 saturated carbocycles. The van der Waals surface area contributed by atoms with Crippen LogP contribution in [0, 0.1) is 0 Å². The predicted molar refractivity (Wildman–Crippen MR) is 71.4 cm³/mol. The highest BCUT2D eigenvalue weighted by molar-refractivity contribution is 6.03. The molecule has 6 nitrogen and oxygen atoms in total. The van der Waals surface area contributed by atoms with Crippen LogP contribution in [0.15, 0.2) is 36.4 Å². The van der Waals surface area contributed by atoms with Crippen LogP contribution < -0.4 is 4.74 Å². The minimum Gasteiger partial charge on any atom is -0.508 e. The monoisotopic (exact) mass is 288 g/mol. The summed E-state index contributed by atoms with van der Waals surface area (Å²) in [5, 5.41) is 39.0. The van der Waals surface area contributed by atoms with Crippen molar-refractivity contribution in [1.82, 2.24) is 0 Å². The number of fused-ring (bicyclic) bond motifs is 1. The van der Waals surface area contributed by atoms with Gasteiger partial charge in [-0.15, -0.1) is 0 Å². The summed E-state index contributed by atoms with van der Waals surface area (Å²) in [7, 11) is 0. The first-order chi connectivity index (χ1) is 9.89. The van der Waals surface area contributed by atoms with Crippen LogP contribution in [0.2, 0.25) is 0 Å². The van der Waals surface area contributed by atoms with Crippen molar-refractivity contribution in [2.24, 2.45) is 0 Å². The van der Waals surface area contributed by atoms with E-state index in [1.807, 2.05) is 0 Å². The van der Waals surface area contributed by atoms with Gasteiger partial charge in [0.05, 0.1) is 6.42 Å². The van der Waals surface area contributed by atoms with E-state index >= 15 is 0 Å². The van der Waals surface area contributed by atoms with Gasteiger partial charge in [0, 0.05) is 17.7 Å². The number of ether oxygens (including phenoxy) is 1. The van der Waals surface area contributed by atoms with Gasteiger partial charge in [0.2, 0.25) is 5.79 Å². The lowest BCUT2D eigenvalue weighted by Crippen LogP contribution is -2.39. The first-order valence-corrected chi connectivity index (χ1v) is 6.19. The fraction of sp³-hybridized carbons (Fsp3) is 0.133. The zero-order valence-corrected chi connectivity index (χ0v) is 10.8. The number of aromatic hydroxyl groups is 3. The number of aliphatic hydroxyl groups is 1. The SMILES string of the molecule is O=C1C[C@@](O)(c2ccc(O)cc2)Oc2cc(O)cc(O)c21. The van der Waals surface area contributed by atoms with Crippen molar-refractivity contribution >= 4 is 5.78 Å². The highest BCUT2D eigenvalue weighted by atomic mass is 16.6. The molecule has 2 aromatic rings. The number of hydrogen-bond donors (Lipinski definition) is 4. The van der Waals surface area contributed by atoms with Gasteiger partial charge in [-0.25, -0.2) is 0 Å². The molecule has 0 spiro atoms. The maximum absolute atomic E-state index is 12.1. The third kappa shape index (κ3) is 2.15. The van der Waals surface area contributed by atoms with Gasteiger partial charge in [-0.3, -0.25) is 4.79 Å². The normalized spacial score (nSPS) is 20.7. The van der Waals surface area contributed by atoms with Crippen LogP contribution in [0.1, 0.15) is 22.3 Å². The maximum atomic E-state index is 12.1. The largest absolute Gasteiger partial charge is 0.508 e. The molecule has 0 aromatic heterocycles. The third-order valence-electron chi connectivity index (χ3n) is 3.34. The van der Waals surface area contributed by atoms with Crippen molar-refractivity contribution in [1.29, 1.82) is 0 Å². The number of rotatable bonds is 1. The first-order valence-electron chi connectivity index (χ1n) is 6.19. The number of ketones is 1. The molecule has 0 fully saturated rings. The van der Waals surface area contributed by atoms with Gasteiger partial charge in [-0.2, -0.15) is 0 Å². The lowest BCUT2D eigenvalue weighted by atomic mass is 9.92. The molecule has 1 atom stereocenters. The quantitative estimate of drug-likeness (QED) is 0.635. The van der Waals surface area contributed by atoms with Crippen molar-refractivity contribution in [2.45, 2.75) is 12.2 Å². The highest BCUT2D eigenvalue weighted by Crippen LogP contribution is 2.43. The lowest BCUT2D eigenvalue weighted by Gasteiger charge is -2.33. The van der Waals surface area contributed by atoms with Crippen LogP contribution >= 0.6 is 0 Å².